The minimum atomic E-state index is 0.255. The molecule has 0 radical (unpaired) electrons. The van der Waals surface area contributed by atoms with Crippen LogP contribution >= 0.6 is 11.3 Å². The molecule has 104 valence electrons. The van der Waals surface area contributed by atoms with Crippen LogP contribution in [0.3, 0.4) is 0 Å². The highest BCUT2D eigenvalue weighted by atomic mass is 32.1. The van der Waals surface area contributed by atoms with Gasteiger partial charge in [0, 0.05) is 23.4 Å². The second-order valence-electron chi connectivity index (χ2n) is 4.83. The fourth-order valence-electron chi connectivity index (χ4n) is 2.49. The number of hydrogen-bond acceptors (Lipinski definition) is 4. The molecule has 3 rings (SSSR count). The number of ether oxygens (including phenoxy) is 1. The fourth-order valence-corrected chi connectivity index (χ4v) is 3.32. The Hall–Kier alpha value is -2.01. The van der Waals surface area contributed by atoms with Crippen LogP contribution in [-0.4, -0.2) is 16.7 Å². The molecule has 0 amide bonds. The van der Waals surface area contributed by atoms with Crippen molar-refractivity contribution < 1.29 is 4.74 Å². The standard InChI is InChI=1S/C15H17N3OS/c1-10(8-12-4-3-7-20-12)18-14-9-11(19-2)5-6-13(14)17-15(18)16/h3-7,9-10H,8H2,1-2H3,(H2,16,17). The van der Waals surface area contributed by atoms with Crippen molar-refractivity contribution in [1.29, 1.82) is 0 Å². The molecular weight excluding hydrogens is 270 g/mol. The fraction of sp³-hybridized carbons (Fsp3) is 0.267. The Kier molecular flexibility index (Phi) is 3.36. The maximum Gasteiger partial charge on any atom is 0.201 e. The second kappa shape index (κ2) is 5.17. The van der Waals surface area contributed by atoms with E-state index in [2.05, 4.69) is 34.0 Å². The molecule has 1 aromatic carbocycles. The number of imidazole rings is 1. The van der Waals surface area contributed by atoms with E-state index in [1.54, 1.807) is 18.4 Å². The van der Waals surface area contributed by atoms with Gasteiger partial charge in [-0.3, -0.25) is 0 Å². The molecule has 1 unspecified atom stereocenters. The summed E-state index contributed by atoms with van der Waals surface area (Å²) in [5.41, 5.74) is 8.01. The lowest BCUT2D eigenvalue weighted by molar-refractivity contribution is 0.415. The summed E-state index contributed by atoms with van der Waals surface area (Å²) in [5, 5.41) is 2.10. The number of benzene rings is 1. The highest BCUT2D eigenvalue weighted by Crippen LogP contribution is 2.28. The number of anilines is 1. The molecule has 0 aliphatic rings. The van der Waals surface area contributed by atoms with Crippen LogP contribution < -0.4 is 10.5 Å². The molecule has 5 heteroatoms. The average molecular weight is 287 g/mol. The summed E-state index contributed by atoms with van der Waals surface area (Å²) >= 11 is 1.77. The summed E-state index contributed by atoms with van der Waals surface area (Å²) in [6, 6.07) is 10.3. The van der Waals surface area contributed by atoms with Crippen LogP contribution in [0, 0.1) is 0 Å². The number of nitrogens with zero attached hydrogens (tertiary/aromatic N) is 2. The second-order valence-corrected chi connectivity index (χ2v) is 5.86. The van der Waals surface area contributed by atoms with Crippen molar-refractivity contribution in [1.82, 2.24) is 9.55 Å². The molecule has 0 spiro atoms. The number of thiophene rings is 1. The van der Waals surface area contributed by atoms with Crippen LogP contribution in [0.15, 0.2) is 35.7 Å². The first kappa shape index (κ1) is 13.0. The summed E-state index contributed by atoms with van der Waals surface area (Å²) in [6.45, 7) is 2.16. The minimum absolute atomic E-state index is 0.255. The van der Waals surface area contributed by atoms with Gasteiger partial charge < -0.3 is 15.0 Å². The molecule has 4 nitrogen and oxygen atoms in total. The van der Waals surface area contributed by atoms with Crippen LogP contribution in [0.4, 0.5) is 5.95 Å². The van der Waals surface area contributed by atoms with Crippen LogP contribution in [-0.2, 0) is 6.42 Å². The van der Waals surface area contributed by atoms with E-state index in [1.165, 1.54) is 4.88 Å². The molecule has 3 aromatic rings. The summed E-state index contributed by atoms with van der Waals surface area (Å²) in [7, 11) is 1.67. The number of fused-ring (bicyclic) bond motifs is 1. The lowest BCUT2D eigenvalue weighted by atomic mass is 10.2. The third kappa shape index (κ3) is 2.25. The van der Waals surface area contributed by atoms with E-state index in [4.69, 9.17) is 10.5 Å². The molecule has 0 aliphatic carbocycles. The van der Waals surface area contributed by atoms with Gasteiger partial charge in [-0.1, -0.05) is 6.07 Å². The van der Waals surface area contributed by atoms with E-state index in [-0.39, 0.29) is 6.04 Å². The van der Waals surface area contributed by atoms with Crippen molar-refractivity contribution in [3.8, 4) is 5.75 Å². The molecule has 2 aromatic heterocycles. The van der Waals surface area contributed by atoms with Crippen molar-refractivity contribution in [3.63, 3.8) is 0 Å². The number of nitrogen functional groups attached to an aromatic ring is 1. The summed E-state index contributed by atoms with van der Waals surface area (Å²) in [6.07, 6.45) is 0.949. The van der Waals surface area contributed by atoms with Gasteiger partial charge in [0.1, 0.15) is 5.75 Å². The van der Waals surface area contributed by atoms with E-state index in [0.29, 0.717) is 5.95 Å². The predicted octanol–water partition coefficient (Wildman–Crippen LogP) is 3.49. The molecule has 0 aliphatic heterocycles. The Labute approximate surface area is 121 Å². The highest BCUT2D eigenvalue weighted by Gasteiger charge is 2.15. The van der Waals surface area contributed by atoms with Gasteiger partial charge in [0.05, 0.1) is 18.1 Å². The van der Waals surface area contributed by atoms with Crippen LogP contribution in [0.1, 0.15) is 17.8 Å². The Morgan fingerprint density at radius 1 is 1.40 bits per heavy atom. The number of hydrogen-bond donors (Lipinski definition) is 1. The average Bonchev–Trinajstić information content (AvgIpc) is 3.04. The Morgan fingerprint density at radius 3 is 2.95 bits per heavy atom. The van der Waals surface area contributed by atoms with Crippen LogP contribution in [0.5, 0.6) is 5.75 Å². The largest absolute Gasteiger partial charge is 0.497 e. The van der Waals surface area contributed by atoms with Crippen molar-refractivity contribution >= 4 is 28.3 Å². The lowest BCUT2D eigenvalue weighted by Gasteiger charge is -2.15. The predicted molar refractivity (Wildman–Crippen MR) is 83.4 cm³/mol. The normalized spacial score (nSPS) is 12.7. The van der Waals surface area contributed by atoms with Gasteiger partial charge in [-0.15, -0.1) is 11.3 Å². The zero-order valence-corrected chi connectivity index (χ0v) is 12.4. The van der Waals surface area contributed by atoms with E-state index in [0.717, 1.165) is 23.2 Å². The number of aromatic nitrogens is 2. The zero-order valence-electron chi connectivity index (χ0n) is 11.5. The van der Waals surface area contributed by atoms with Gasteiger partial charge in [-0.2, -0.15) is 0 Å². The van der Waals surface area contributed by atoms with E-state index in [9.17, 15) is 0 Å². The maximum atomic E-state index is 6.09. The molecular formula is C15H17N3OS. The van der Waals surface area contributed by atoms with Crippen LogP contribution in [0.2, 0.25) is 0 Å². The number of rotatable bonds is 4. The first-order chi connectivity index (χ1) is 9.69. The summed E-state index contributed by atoms with van der Waals surface area (Å²) in [4.78, 5) is 5.78. The van der Waals surface area contributed by atoms with Gasteiger partial charge in [0.2, 0.25) is 5.95 Å². The van der Waals surface area contributed by atoms with Gasteiger partial charge in [0.25, 0.3) is 0 Å². The highest BCUT2D eigenvalue weighted by molar-refractivity contribution is 7.09. The van der Waals surface area contributed by atoms with Crippen molar-refractivity contribution in [3.05, 3.63) is 40.6 Å². The zero-order chi connectivity index (χ0) is 14.1. The molecule has 0 saturated carbocycles. The number of nitrogens with two attached hydrogens (primary N) is 1. The first-order valence-corrected chi connectivity index (χ1v) is 7.41. The van der Waals surface area contributed by atoms with Crippen molar-refractivity contribution in [2.75, 3.05) is 12.8 Å². The Morgan fingerprint density at radius 2 is 2.25 bits per heavy atom. The van der Waals surface area contributed by atoms with E-state index in [1.807, 2.05) is 18.2 Å². The molecule has 0 fully saturated rings. The monoisotopic (exact) mass is 287 g/mol. The quantitative estimate of drug-likeness (QED) is 0.799. The van der Waals surface area contributed by atoms with Gasteiger partial charge in [-0.25, -0.2) is 4.98 Å². The molecule has 20 heavy (non-hydrogen) atoms. The van der Waals surface area contributed by atoms with Gasteiger partial charge in [-0.05, 0) is 30.5 Å². The molecule has 0 saturated heterocycles. The molecule has 1 atom stereocenters. The van der Waals surface area contributed by atoms with E-state index >= 15 is 0 Å². The molecule has 0 bridgehead atoms. The SMILES string of the molecule is COc1ccc2nc(N)n(C(C)Cc3cccs3)c2c1. The van der Waals surface area contributed by atoms with Crippen LogP contribution in [0.25, 0.3) is 11.0 Å². The Balaban J connectivity index is 2.02. The smallest absolute Gasteiger partial charge is 0.201 e. The van der Waals surface area contributed by atoms with E-state index < -0.39 is 0 Å². The van der Waals surface area contributed by atoms with Crippen molar-refractivity contribution in [2.45, 2.75) is 19.4 Å². The first-order valence-electron chi connectivity index (χ1n) is 6.53. The van der Waals surface area contributed by atoms with Gasteiger partial charge >= 0.3 is 0 Å². The summed E-state index contributed by atoms with van der Waals surface area (Å²) in [5.74, 6) is 1.37. The third-order valence-corrected chi connectivity index (χ3v) is 4.34. The number of methoxy groups -OCH3 is 1. The minimum Gasteiger partial charge on any atom is -0.497 e. The molecule has 2 N–H and O–H groups in total. The third-order valence-electron chi connectivity index (χ3n) is 3.44. The Bertz CT molecular complexity index is 718. The lowest BCUT2D eigenvalue weighted by Crippen LogP contribution is -2.10. The van der Waals surface area contributed by atoms with Crippen molar-refractivity contribution in [2.24, 2.45) is 0 Å². The van der Waals surface area contributed by atoms with Gasteiger partial charge in [0.15, 0.2) is 0 Å². The topological polar surface area (TPSA) is 53.1 Å². The maximum absolute atomic E-state index is 6.09. The molecule has 2 heterocycles. The summed E-state index contributed by atoms with van der Waals surface area (Å²) < 4.78 is 7.37.